The van der Waals surface area contributed by atoms with Crippen LogP contribution < -0.4 is 9.47 Å². The molecule has 1 N–H and O–H groups in total. The Labute approximate surface area is 137 Å². The second-order valence-electron chi connectivity index (χ2n) is 6.60. The van der Waals surface area contributed by atoms with Crippen molar-refractivity contribution in [3.63, 3.8) is 0 Å². The lowest BCUT2D eigenvalue weighted by Crippen LogP contribution is -2.42. The van der Waals surface area contributed by atoms with E-state index < -0.39 is 0 Å². The van der Waals surface area contributed by atoms with Crippen LogP contribution in [0.1, 0.15) is 35.6 Å². The average Bonchev–Trinajstić information content (AvgIpc) is 2.57. The number of hydrogen-bond donors (Lipinski definition) is 1. The maximum Gasteiger partial charge on any atom is 0.140 e. The SMILES string of the molecule is Cc1c(C)c2c(c(C)c1O)CCC(C)(COc1[c]cccc1)O2. The fourth-order valence-corrected chi connectivity index (χ4v) is 3.09. The van der Waals surface area contributed by atoms with Crippen LogP contribution in [0.3, 0.4) is 0 Å². The number of rotatable bonds is 3. The summed E-state index contributed by atoms with van der Waals surface area (Å²) in [5, 5.41) is 10.2. The van der Waals surface area contributed by atoms with Crippen LogP contribution in [0, 0.1) is 26.8 Å². The van der Waals surface area contributed by atoms with Crippen LogP contribution in [-0.4, -0.2) is 17.3 Å². The first-order chi connectivity index (χ1) is 10.9. The highest BCUT2D eigenvalue weighted by Crippen LogP contribution is 2.43. The molecule has 0 spiro atoms. The standard InChI is InChI=1S/C20H23O3/c1-13-14(2)19-17(15(3)18(13)21)10-11-20(4,23-19)12-22-16-8-6-5-7-9-16/h5-8,21H,10-12H2,1-4H3. The highest BCUT2D eigenvalue weighted by Gasteiger charge is 2.35. The quantitative estimate of drug-likeness (QED) is 0.919. The van der Waals surface area contributed by atoms with Gasteiger partial charge in [-0.15, -0.1) is 0 Å². The second-order valence-corrected chi connectivity index (χ2v) is 6.60. The van der Waals surface area contributed by atoms with Crippen molar-refractivity contribution in [3.8, 4) is 17.2 Å². The molecular formula is C20H23O3. The van der Waals surface area contributed by atoms with E-state index in [4.69, 9.17) is 9.47 Å². The number of hydrogen-bond acceptors (Lipinski definition) is 3. The van der Waals surface area contributed by atoms with Gasteiger partial charge in [-0.05, 0) is 63.3 Å². The molecule has 1 unspecified atom stereocenters. The lowest BCUT2D eigenvalue weighted by molar-refractivity contribution is 0.0165. The fourth-order valence-electron chi connectivity index (χ4n) is 3.09. The topological polar surface area (TPSA) is 38.7 Å². The highest BCUT2D eigenvalue weighted by atomic mass is 16.5. The van der Waals surface area contributed by atoms with Gasteiger partial charge in [0, 0.05) is 11.6 Å². The molecular weight excluding hydrogens is 288 g/mol. The predicted octanol–water partition coefficient (Wildman–Crippen LogP) is 4.28. The van der Waals surface area contributed by atoms with Crippen LogP contribution in [0.25, 0.3) is 0 Å². The van der Waals surface area contributed by atoms with Gasteiger partial charge in [0.1, 0.15) is 29.5 Å². The van der Waals surface area contributed by atoms with E-state index in [1.165, 1.54) is 0 Å². The normalized spacial score (nSPS) is 19.8. The molecule has 23 heavy (non-hydrogen) atoms. The van der Waals surface area contributed by atoms with Gasteiger partial charge in [0.2, 0.25) is 0 Å². The summed E-state index contributed by atoms with van der Waals surface area (Å²) in [6.45, 7) is 8.46. The van der Waals surface area contributed by atoms with Gasteiger partial charge < -0.3 is 14.6 Å². The van der Waals surface area contributed by atoms with Gasteiger partial charge in [0.25, 0.3) is 0 Å². The minimum Gasteiger partial charge on any atom is -0.507 e. The Balaban J connectivity index is 1.84. The van der Waals surface area contributed by atoms with E-state index in [0.717, 1.165) is 46.6 Å². The van der Waals surface area contributed by atoms with Crippen molar-refractivity contribution in [2.24, 2.45) is 0 Å². The summed E-state index contributed by atoms with van der Waals surface area (Å²) in [6.07, 6.45) is 1.74. The van der Waals surface area contributed by atoms with Gasteiger partial charge in [-0.2, -0.15) is 0 Å². The van der Waals surface area contributed by atoms with Crippen molar-refractivity contribution >= 4 is 0 Å². The molecule has 0 amide bonds. The van der Waals surface area contributed by atoms with E-state index in [1.54, 1.807) is 0 Å². The van der Waals surface area contributed by atoms with E-state index >= 15 is 0 Å². The number of para-hydroxylation sites is 1. The molecule has 2 aromatic carbocycles. The lowest BCUT2D eigenvalue weighted by atomic mass is 9.87. The average molecular weight is 311 g/mol. The van der Waals surface area contributed by atoms with Crippen molar-refractivity contribution in [1.29, 1.82) is 0 Å². The third-order valence-corrected chi connectivity index (χ3v) is 4.81. The number of benzene rings is 2. The first-order valence-corrected chi connectivity index (χ1v) is 8.01. The molecule has 0 fully saturated rings. The lowest BCUT2D eigenvalue weighted by Gasteiger charge is -2.37. The number of phenolic OH excluding ortho intramolecular Hbond substituents is 1. The van der Waals surface area contributed by atoms with E-state index in [0.29, 0.717) is 12.4 Å². The Hall–Kier alpha value is -2.16. The second kappa shape index (κ2) is 5.80. The van der Waals surface area contributed by atoms with Crippen LogP contribution in [0.15, 0.2) is 24.3 Å². The Morgan fingerprint density at radius 2 is 2.00 bits per heavy atom. The van der Waals surface area contributed by atoms with Crippen LogP contribution in [0.5, 0.6) is 17.2 Å². The molecule has 3 heteroatoms. The largest absolute Gasteiger partial charge is 0.507 e. The summed E-state index contributed by atoms with van der Waals surface area (Å²) in [6, 6.07) is 10.7. The molecule has 3 rings (SSSR count). The molecule has 121 valence electrons. The number of fused-ring (bicyclic) bond motifs is 1. The molecule has 1 aliphatic heterocycles. The molecule has 1 atom stereocenters. The summed E-state index contributed by atoms with van der Waals surface area (Å²) in [7, 11) is 0. The van der Waals surface area contributed by atoms with Gasteiger partial charge in [-0.25, -0.2) is 0 Å². The van der Waals surface area contributed by atoms with Crippen LogP contribution in [0.4, 0.5) is 0 Å². The molecule has 0 aliphatic carbocycles. The van der Waals surface area contributed by atoms with Gasteiger partial charge in [0.05, 0.1) is 0 Å². The van der Waals surface area contributed by atoms with Crippen molar-refractivity contribution in [2.45, 2.75) is 46.1 Å². The fraction of sp³-hybridized carbons (Fsp3) is 0.400. The third-order valence-electron chi connectivity index (χ3n) is 4.81. The molecule has 2 aromatic rings. The van der Waals surface area contributed by atoms with Crippen LogP contribution in [0.2, 0.25) is 0 Å². The first-order valence-electron chi connectivity index (χ1n) is 8.01. The van der Waals surface area contributed by atoms with Gasteiger partial charge in [-0.1, -0.05) is 18.2 Å². The monoisotopic (exact) mass is 311 g/mol. The Morgan fingerprint density at radius 1 is 1.22 bits per heavy atom. The molecule has 0 saturated heterocycles. The van der Waals surface area contributed by atoms with Crippen LogP contribution >= 0.6 is 0 Å². The summed E-state index contributed by atoms with van der Waals surface area (Å²) in [5.74, 6) is 2.04. The summed E-state index contributed by atoms with van der Waals surface area (Å²) in [4.78, 5) is 0. The highest BCUT2D eigenvalue weighted by molar-refractivity contribution is 5.58. The maximum absolute atomic E-state index is 10.2. The van der Waals surface area contributed by atoms with Crippen molar-refractivity contribution in [2.75, 3.05) is 6.61 Å². The van der Waals surface area contributed by atoms with E-state index in [-0.39, 0.29) is 5.60 Å². The van der Waals surface area contributed by atoms with E-state index in [1.807, 2.05) is 45.0 Å². The summed E-state index contributed by atoms with van der Waals surface area (Å²) in [5.41, 5.74) is 3.58. The first kappa shape index (κ1) is 15.7. The molecule has 1 aliphatic rings. The number of ether oxygens (including phenoxy) is 2. The zero-order chi connectivity index (χ0) is 16.6. The van der Waals surface area contributed by atoms with Gasteiger partial charge in [0.15, 0.2) is 0 Å². The summed E-state index contributed by atoms with van der Waals surface area (Å²) < 4.78 is 12.2. The molecule has 3 nitrogen and oxygen atoms in total. The smallest absolute Gasteiger partial charge is 0.140 e. The minimum absolute atomic E-state index is 0.378. The molecule has 1 heterocycles. The Morgan fingerprint density at radius 3 is 2.70 bits per heavy atom. The Kier molecular flexibility index (Phi) is 3.97. The third kappa shape index (κ3) is 2.88. The predicted molar refractivity (Wildman–Crippen MR) is 90.4 cm³/mol. The minimum atomic E-state index is -0.378. The van der Waals surface area contributed by atoms with Crippen LogP contribution in [-0.2, 0) is 6.42 Å². The summed E-state index contributed by atoms with van der Waals surface area (Å²) >= 11 is 0. The van der Waals surface area contributed by atoms with Crippen molar-refractivity contribution < 1.29 is 14.6 Å². The van der Waals surface area contributed by atoms with Gasteiger partial charge >= 0.3 is 0 Å². The number of phenols is 1. The molecule has 0 aromatic heterocycles. The zero-order valence-corrected chi connectivity index (χ0v) is 14.2. The molecule has 0 bridgehead atoms. The maximum atomic E-state index is 10.2. The Bertz CT molecular complexity index is 722. The number of aromatic hydroxyl groups is 1. The van der Waals surface area contributed by atoms with E-state index in [9.17, 15) is 5.11 Å². The van der Waals surface area contributed by atoms with E-state index in [2.05, 4.69) is 13.0 Å². The zero-order valence-electron chi connectivity index (χ0n) is 14.2. The molecule has 0 saturated carbocycles. The molecule has 1 radical (unpaired) electrons. The van der Waals surface area contributed by atoms with Crippen molar-refractivity contribution in [1.82, 2.24) is 0 Å². The van der Waals surface area contributed by atoms with Gasteiger partial charge in [-0.3, -0.25) is 0 Å². The van der Waals surface area contributed by atoms with Crippen molar-refractivity contribution in [3.05, 3.63) is 52.6 Å².